The van der Waals surface area contributed by atoms with Crippen molar-refractivity contribution in [1.82, 2.24) is 4.90 Å². The van der Waals surface area contributed by atoms with E-state index in [1.165, 1.54) is 70.9 Å². The van der Waals surface area contributed by atoms with Crippen LogP contribution < -0.4 is 0 Å². The third kappa shape index (κ3) is 3.95. The summed E-state index contributed by atoms with van der Waals surface area (Å²) in [6.45, 7) is 3.58. The lowest BCUT2D eigenvalue weighted by Gasteiger charge is -2.40. The van der Waals surface area contributed by atoms with E-state index >= 15 is 0 Å². The van der Waals surface area contributed by atoms with Gasteiger partial charge in [-0.05, 0) is 68.4 Å². The van der Waals surface area contributed by atoms with E-state index in [2.05, 4.69) is 35.2 Å². The van der Waals surface area contributed by atoms with Crippen molar-refractivity contribution >= 4 is 0 Å². The maximum Gasteiger partial charge on any atom is 0.0936 e. The normalized spacial score (nSPS) is 30.8. The number of aliphatic hydroxyl groups is 1. The zero-order chi connectivity index (χ0) is 17.1. The van der Waals surface area contributed by atoms with Crippen LogP contribution >= 0.6 is 0 Å². The molecule has 2 heteroatoms. The molecule has 1 saturated heterocycles. The Balaban J connectivity index is 1.46. The topological polar surface area (TPSA) is 23.5 Å². The molecule has 3 atom stereocenters. The Kier molecular flexibility index (Phi) is 5.47. The van der Waals surface area contributed by atoms with Crippen molar-refractivity contribution in [3.05, 3.63) is 35.9 Å². The van der Waals surface area contributed by atoms with Crippen LogP contribution in [0.25, 0.3) is 0 Å². The number of hydrogen-bond acceptors (Lipinski definition) is 2. The Hall–Kier alpha value is -0.860. The molecular formula is C23H35NO. The van der Waals surface area contributed by atoms with Gasteiger partial charge < -0.3 is 10.0 Å². The van der Waals surface area contributed by atoms with Gasteiger partial charge in [0.25, 0.3) is 0 Å². The van der Waals surface area contributed by atoms with Gasteiger partial charge in [0.05, 0.1) is 5.60 Å². The van der Waals surface area contributed by atoms with Crippen LogP contribution in [0, 0.1) is 17.8 Å². The smallest absolute Gasteiger partial charge is 0.0936 e. The van der Waals surface area contributed by atoms with Gasteiger partial charge in [-0.3, -0.25) is 0 Å². The van der Waals surface area contributed by atoms with E-state index in [9.17, 15) is 5.11 Å². The van der Waals surface area contributed by atoms with E-state index in [-0.39, 0.29) is 0 Å². The minimum atomic E-state index is -0.632. The molecule has 0 spiro atoms. The van der Waals surface area contributed by atoms with Gasteiger partial charge in [0.2, 0.25) is 0 Å². The molecule has 0 unspecified atom stereocenters. The van der Waals surface area contributed by atoms with Crippen LogP contribution in [0.15, 0.2) is 30.3 Å². The molecule has 2 aliphatic carbocycles. The lowest BCUT2D eigenvalue weighted by atomic mass is 9.71. The van der Waals surface area contributed by atoms with Crippen LogP contribution in [0.2, 0.25) is 0 Å². The Morgan fingerprint density at radius 1 is 0.920 bits per heavy atom. The van der Waals surface area contributed by atoms with Gasteiger partial charge in [0.1, 0.15) is 0 Å². The van der Waals surface area contributed by atoms with Gasteiger partial charge in [-0.1, -0.05) is 56.0 Å². The second kappa shape index (κ2) is 7.80. The number of fused-ring (bicyclic) bond motifs is 2. The van der Waals surface area contributed by atoms with Crippen LogP contribution in [0.5, 0.6) is 0 Å². The van der Waals surface area contributed by atoms with Crippen LogP contribution in [0.4, 0.5) is 0 Å². The summed E-state index contributed by atoms with van der Waals surface area (Å²) in [5, 5.41) is 11.8. The van der Waals surface area contributed by atoms with Crippen molar-refractivity contribution in [1.29, 1.82) is 0 Å². The first kappa shape index (κ1) is 17.5. The SMILES string of the molecule is O[C@@](CCN1CC[C@@H]2CC[C@@H](C2)C1)(c1ccccc1)C1CCCCC1. The third-order valence-corrected chi connectivity index (χ3v) is 7.38. The third-order valence-electron chi connectivity index (χ3n) is 7.38. The number of likely N-dealkylation sites (tertiary alicyclic amines) is 1. The van der Waals surface area contributed by atoms with Gasteiger partial charge in [-0.15, -0.1) is 0 Å². The molecule has 3 fully saturated rings. The molecule has 0 amide bonds. The van der Waals surface area contributed by atoms with E-state index in [0.717, 1.165) is 30.4 Å². The second-order valence-electron chi connectivity index (χ2n) is 9.01. The molecule has 3 aliphatic rings. The van der Waals surface area contributed by atoms with Crippen LogP contribution in [0.1, 0.15) is 69.8 Å². The number of benzene rings is 1. The predicted molar refractivity (Wildman–Crippen MR) is 103 cm³/mol. The van der Waals surface area contributed by atoms with Crippen molar-refractivity contribution in [2.75, 3.05) is 19.6 Å². The summed E-state index contributed by atoms with van der Waals surface area (Å²) in [5.41, 5.74) is 0.519. The highest BCUT2D eigenvalue weighted by molar-refractivity contribution is 5.23. The highest BCUT2D eigenvalue weighted by Gasteiger charge is 2.39. The monoisotopic (exact) mass is 341 g/mol. The summed E-state index contributed by atoms with van der Waals surface area (Å²) >= 11 is 0. The minimum Gasteiger partial charge on any atom is -0.385 e. The number of hydrogen-bond donors (Lipinski definition) is 1. The van der Waals surface area contributed by atoms with Crippen molar-refractivity contribution in [2.45, 2.75) is 69.8 Å². The summed E-state index contributed by atoms with van der Waals surface area (Å²) in [6.07, 6.45) is 12.9. The average Bonchev–Trinajstić information content (AvgIpc) is 3.01. The minimum absolute atomic E-state index is 0.437. The zero-order valence-corrected chi connectivity index (χ0v) is 15.7. The Morgan fingerprint density at radius 2 is 1.68 bits per heavy atom. The fourth-order valence-corrected chi connectivity index (χ4v) is 5.85. The van der Waals surface area contributed by atoms with Crippen molar-refractivity contribution in [3.63, 3.8) is 0 Å². The zero-order valence-electron chi connectivity index (χ0n) is 15.7. The first-order valence-electron chi connectivity index (χ1n) is 10.7. The average molecular weight is 342 g/mol. The second-order valence-corrected chi connectivity index (χ2v) is 9.01. The van der Waals surface area contributed by atoms with E-state index in [4.69, 9.17) is 0 Å². The molecule has 25 heavy (non-hydrogen) atoms. The molecule has 0 radical (unpaired) electrons. The first-order valence-corrected chi connectivity index (χ1v) is 10.7. The van der Waals surface area contributed by atoms with Gasteiger partial charge in [0, 0.05) is 13.1 Å². The Labute approximate surface area is 153 Å². The lowest BCUT2D eigenvalue weighted by Crippen LogP contribution is -2.41. The molecule has 1 aromatic carbocycles. The van der Waals surface area contributed by atoms with Gasteiger partial charge in [0.15, 0.2) is 0 Å². The maximum atomic E-state index is 11.8. The van der Waals surface area contributed by atoms with Crippen LogP contribution in [0.3, 0.4) is 0 Å². The number of rotatable bonds is 5. The fourth-order valence-electron chi connectivity index (χ4n) is 5.85. The van der Waals surface area contributed by atoms with Gasteiger partial charge in [-0.25, -0.2) is 0 Å². The largest absolute Gasteiger partial charge is 0.385 e. The lowest BCUT2D eigenvalue weighted by molar-refractivity contribution is -0.0526. The summed E-state index contributed by atoms with van der Waals surface area (Å²) in [4.78, 5) is 2.67. The molecule has 2 bridgehead atoms. The van der Waals surface area contributed by atoms with E-state index in [0.29, 0.717) is 5.92 Å². The molecule has 1 aromatic rings. The quantitative estimate of drug-likeness (QED) is 0.817. The maximum absolute atomic E-state index is 11.8. The molecule has 2 saturated carbocycles. The van der Waals surface area contributed by atoms with Crippen molar-refractivity contribution in [3.8, 4) is 0 Å². The molecule has 0 aromatic heterocycles. The fraction of sp³-hybridized carbons (Fsp3) is 0.739. The van der Waals surface area contributed by atoms with E-state index in [1.807, 2.05) is 0 Å². The van der Waals surface area contributed by atoms with Crippen LogP contribution in [-0.4, -0.2) is 29.6 Å². The molecule has 1 aliphatic heterocycles. The molecule has 1 heterocycles. The van der Waals surface area contributed by atoms with Gasteiger partial charge in [-0.2, -0.15) is 0 Å². The Morgan fingerprint density at radius 3 is 2.48 bits per heavy atom. The highest BCUT2D eigenvalue weighted by atomic mass is 16.3. The molecular weight excluding hydrogens is 306 g/mol. The highest BCUT2D eigenvalue weighted by Crippen LogP contribution is 2.42. The van der Waals surface area contributed by atoms with E-state index in [1.54, 1.807) is 0 Å². The molecule has 2 nitrogen and oxygen atoms in total. The van der Waals surface area contributed by atoms with Crippen LogP contribution in [-0.2, 0) is 5.60 Å². The standard InChI is InChI=1S/C23H35NO/c25-23(21-7-3-1-4-8-21,22-9-5-2-6-10-22)14-16-24-15-13-19-11-12-20(17-19)18-24/h1,3-4,7-8,19-20,22,25H,2,5-6,9-18H2/t19-,20-,23-/m0/s1. The van der Waals surface area contributed by atoms with Gasteiger partial charge >= 0.3 is 0 Å². The predicted octanol–water partition coefficient (Wildman–Crippen LogP) is 4.97. The summed E-state index contributed by atoms with van der Waals surface area (Å²) in [6, 6.07) is 10.6. The summed E-state index contributed by atoms with van der Waals surface area (Å²) in [7, 11) is 0. The molecule has 4 rings (SSSR count). The molecule has 138 valence electrons. The first-order chi connectivity index (χ1) is 12.2. The molecule has 1 N–H and O–H groups in total. The Bertz CT molecular complexity index is 538. The summed E-state index contributed by atoms with van der Waals surface area (Å²) < 4.78 is 0. The van der Waals surface area contributed by atoms with Crippen molar-refractivity contribution in [2.24, 2.45) is 17.8 Å². The summed E-state index contributed by atoms with van der Waals surface area (Å²) in [5.74, 6) is 2.35. The van der Waals surface area contributed by atoms with E-state index < -0.39 is 5.60 Å². The van der Waals surface area contributed by atoms with Crippen molar-refractivity contribution < 1.29 is 5.11 Å². The number of nitrogens with zero attached hydrogens (tertiary/aromatic N) is 1.